The van der Waals surface area contributed by atoms with Gasteiger partial charge in [-0.05, 0) is 25.9 Å². The van der Waals surface area contributed by atoms with Gasteiger partial charge < -0.3 is 15.0 Å². The van der Waals surface area contributed by atoms with Gasteiger partial charge in [0.25, 0.3) is 0 Å². The minimum atomic E-state index is -0.541. The second kappa shape index (κ2) is 9.78. The highest BCUT2D eigenvalue weighted by atomic mass is 16.5. The van der Waals surface area contributed by atoms with Crippen LogP contribution in [0, 0.1) is 5.92 Å². The standard InChI is InChI=1S/C14H28N2O3/c1-6-11(4)13(17)12(15-14(18)19-5)9-10-16(7-2)8-3/h11-12H,6-10H2,1-5H3,(H,15,18). The Bertz CT molecular complexity index is 278. The molecule has 0 aliphatic rings. The molecule has 0 spiro atoms. The molecule has 0 radical (unpaired) electrons. The molecule has 19 heavy (non-hydrogen) atoms. The molecular weight excluding hydrogens is 244 g/mol. The summed E-state index contributed by atoms with van der Waals surface area (Å²) in [6, 6.07) is -0.456. The number of alkyl carbamates (subject to hydrolysis) is 1. The first kappa shape index (κ1) is 17.9. The molecule has 5 heteroatoms. The molecule has 0 aliphatic carbocycles. The first-order chi connectivity index (χ1) is 8.99. The SMILES string of the molecule is CCC(C)C(=O)C(CCN(CC)CC)NC(=O)OC. The summed E-state index contributed by atoms with van der Waals surface area (Å²) in [5, 5.41) is 2.65. The van der Waals surface area contributed by atoms with Gasteiger partial charge in [-0.3, -0.25) is 4.79 Å². The maximum atomic E-state index is 12.2. The molecule has 0 saturated carbocycles. The minimum absolute atomic E-state index is 0.0427. The van der Waals surface area contributed by atoms with Gasteiger partial charge in [-0.1, -0.05) is 27.7 Å². The number of ketones is 1. The third-order valence-electron chi connectivity index (χ3n) is 3.55. The largest absolute Gasteiger partial charge is 0.453 e. The Hall–Kier alpha value is -1.10. The van der Waals surface area contributed by atoms with Gasteiger partial charge in [0.2, 0.25) is 0 Å². The van der Waals surface area contributed by atoms with Crippen LogP contribution in [0.25, 0.3) is 0 Å². The lowest BCUT2D eigenvalue weighted by Crippen LogP contribution is -2.45. The minimum Gasteiger partial charge on any atom is -0.453 e. The molecule has 112 valence electrons. The summed E-state index contributed by atoms with van der Waals surface area (Å²) >= 11 is 0. The highest BCUT2D eigenvalue weighted by Crippen LogP contribution is 2.09. The molecule has 2 atom stereocenters. The van der Waals surface area contributed by atoms with Gasteiger partial charge in [0.15, 0.2) is 5.78 Å². The molecule has 1 amide bonds. The van der Waals surface area contributed by atoms with E-state index >= 15 is 0 Å². The zero-order chi connectivity index (χ0) is 14.8. The summed E-state index contributed by atoms with van der Waals surface area (Å²) < 4.78 is 4.59. The number of hydrogen-bond acceptors (Lipinski definition) is 4. The van der Waals surface area contributed by atoms with Gasteiger partial charge in [0.05, 0.1) is 13.2 Å². The molecule has 0 rings (SSSR count). The number of rotatable bonds is 9. The van der Waals surface area contributed by atoms with Crippen LogP contribution in [0.5, 0.6) is 0 Å². The van der Waals surface area contributed by atoms with E-state index in [0.29, 0.717) is 6.42 Å². The second-order valence-electron chi connectivity index (χ2n) is 4.72. The van der Waals surface area contributed by atoms with E-state index in [9.17, 15) is 9.59 Å². The molecular formula is C14H28N2O3. The van der Waals surface area contributed by atoms with E-state index in [4.69, 9.17) is 0 Å². The Kier molecular flexibility index (Phi) is 9.21. The quantitative estimate of drug-likeness (QED) is 0.698. The van der Waals surface area contributed by atoms with Crippen LogP contribution in [0.2, 0.25) is 0 Å². The molecule has 0 fully saturated rings. The Morgan fingerprint density at radius 3 is 2.21 bits per heavy atom. The average Bonchev–Trinajstić information content (AvgIpc) is 2.44. The molecule has 1 N–H and O–H groups in total. The predicted molar refractivity (Wildman–Crippen MR) is 76.2 cm³/mol. The molecule has 0 aromatic carbocycles. The number of nitrogens with zero attached hydrogens (tertiary/aromatic N) is 1. The monoisotopic (exact) mass is 272 g/mol. The highest BCUT2D eigenvalue weighted by Gasteiger charge is 2.25. The van der Waals surface area contributed by atoms with E-state index in [1.165, 1.54) is 7.11 Å². The second-order valence-corrected chi connectivity index (χ2v) is 4.72. The van der Waals surface area contributed by atoms with Crippen molar-refractivity contribution in [1.82, 2.24) is 10.2 Å². The first-order valence-electron chi connectivity index (χ1n) is 7.10. The van der Waals surface area contributed by atoms with Crippen molar-refractivity contribution >= 4 is 11.9 Å². The molecule has 0 heterocycles. The number of ether oxygens (including phenoxy) is 1. The van der Waals surface area contributed by atoms with Crippen molar-refractivity contribution in [2.24, 2.45) is 5.92 Å². The molecule has 0 saturated heterocycles. The molecule has 2 unspecified atom stereocenters. The number of methoxy groups -OCH3 is 1. The third kappa shape index (κ3) is 6.57. The molecule has 0 aromatic rings. The zero-order valence-corrected chi connectivity index (χ0v) is 12.9. The fourth-order valence-electron chi connectivity index (χ4n) is 1.88. The average molecular weight is 272 g/mol. The van der Waals surface area contributed by atoms with Gasteiger partial charge in [0.1, 0.15) is 0 Å². The molecule has 0 aromatic heterocycles. The number of Topliss-reactive ketones (excluding diaryl/α,β-unsaturated/α-hetero) is 1. The molecule has 0 bridgehead atoms. The normalized spacial score (nSPS) is 14.0. The first-order valence-corrected chi connectivity index (χ1v) is 7.10. The lowest BCUT2D eigenvalue weighted by molar-refractivity contribution is -0.124. The summed E-state index contributed by atoms with van der Waals surface area (Å²) in [5.41, 5.74) is 0. The number of carbonyl (C=O) groups excluding carboxylic acids is 2. The van der Waals surface area contributed by atoms with E-state index in [2.05, 4.69) is 28.8 Å². The number of amides is 1. The van der Waals surface area contributed by atoms with Gasteiger partial charge in [-0.25, -0.2) is 4.79 Å². The van der Waals surface area contributed by atoms with Crippen LogP contribution in [-0.2, 0) is 9.53 Å². The van der Waals surface area contributed by atoms with Crippen LogP contribution >= 0.6 is 0 Å². The van der Waals surface area contributed by atoms with Crippen LogP contribution in [0.15, 0.2) is 0 Å². The van der Waals surface area contributed by atoms with Gasteiger partial charge >= 0.3 is 6.09 Å². The summed E-state index contributed by atoms with van der Waals surface area (Å²) in [6.07, 6.45) is 0.866. The zero-order valence-electron chi connectivity index (χ0n) is 12.9. The van der Waals surface area contributed by atoms with Crippen LogP contribution in [0.4, 0.5) is 4.79 Å². The summed E-state index contributed by atoms with van der Waals surface area (Å²) in [5.74, 6) is 0.0407. The van der Waals surface area contributed by atoms with Crippen molar-refractivity contribution in [2.45, 2.75) is 46.6 Å². The van der Waals surface area contributed by atoms with Crippen molar-refractivity contribution in [3.8, 4) is 0 Å². The van der Waals surface area contributed by atoms with E-state index < -0.39 is 12.1 Å². The van der Waals surface area contributed by atoms with E-state index in [-0.39, 0.29) is 11.7 Å². The number of carbonyl (C=O) groups is 2. The van der Waals surface area contributed by atoms with Crippen LogP contribution in [-0.4, -0.2) is 49.6 Å². The Balaban J connectivity index is 4.57. The smallest absolute Gasteiger partial charge is 0.407 e. The van der Waals surface area contributed by atoms with E-state index in [1.807, 2.05) is 13.8 Å². The van der Waals surface area contributed by atoms with Gasteiger partial charge in [0, 0.05) is 12.5 Å². The van der Waals surface area contributed by atoms with Crippen molar-refractivity contribution in [3.05, 3.63) is 0 Å². The Morgan fingerprint density at radius 1 is 1.21 bits per heavy atom. The van der Waals surface area contributed by atoms with Crippen molar-refractivity contribution in [2.75, 3.05) is 26.7 Å². The van der Waals surface area contributed by atoms with Crippen molar-refractivity contribution < 1.29 is 14.3 Å². The van der Waals surface area contributed by atoms with Crippen LogP contribution in [0.1, 0.15) is 40.5 Å². The van der Waals surface area contributed by atoms with E-state index in [1.54, 1.807) is 0 Å². The van der Waals surface area contributed by atoms with E-state index in [0.717, 1.165) is 26.1 Å². The van der Waals surface area contributed by atoms with Gasteiger partial charge in [-0.2, -0.15) is 0 Å². The fraction of sp³-hybridized carbons (Fsp3) is 0.857. The summed E-state index contributed by atoms with van der Waals surface area (Å²) in [6.45, 7) is 10.7. The fourth-order valence-corrected chi connectivity index (χ4v) is 1.88. The van der Waals surface area contributed by atoms with Crippen LogP contribution in [0.3, 0.4) is 0 Å². The third-order valence-corrected chi connectivity index (χ3v) is 3.55. The topological polar surface area (TPSA) is 58.6 Å². The maximum Gasteiger partial charge on any atom is 0.407 e. The summed E-state index contributed by atoms with van der Waals surface area (Å²) in [4.78, 5) is 25.8. The highest BCUT2D eigenvalue weighted by molar-refractivity contribution is 5.88. The van der Waals surface area contributed by atoms with Gasteiger partial charge in [-0.15, -0.1) is 0 Å². The summed E-state index contributed by atoms with van der Waals surface area (Å²) in [7, 11) is 1.31. The molecule has 0 aliphatic heterocycles. The van der Waals surface area contributed by atoms with Crippen molar-refractivity contribution in [1.29, 1.82) is 0 Å². The lowest BCUT2D eigenvalue weighted by Gasteiger charge is -2.24. The number of hydrogen-bond donors (Lipinski definition) is 1. The predicted octanol–water partition coefficient (Wildman–Crippen LogP) is 2.06. The lowest BCUT2D eigenvalue weighted by atomic mass is 9.95. The maximum absolute atomic E-state index is 12.2. The Morgan fingerprint density at radius 2 is 1.79 bits per heavy atom. The Labute approximate surface area is 116 Å². The van der Waals surface area contributed by atoms with Crippen LogP contribution < -0.4 is 5.32 Å². The molecule has 5 nitrogen and oxygen atoms in total. The number of nitrogens with one attached hydrogen (secondary N) is 1. The van der Waals surface area contributed by atoms with Crippen molar-refractivity contribution in [3.63, 3.8) is 0 Å².